The number of carbonyl (C=O) groups excluding carboxylic acids is 1. The van der Waals surface area contributed by atoms with E-state index >= 15 is 0 Å². The van der Waals surface area contributed by atoms with Crippen LogP contribution in [0.2, 0.25) is 0 Å². The van der Waals surface area contributed by atoms with Gasteiger partial charge in [0.25, 0.3) is 0 Å². The summed E-state index contributed by atoms with van der Waals surface area (Å²) < 4.78 is 39.6. The highest BCUT2D eigenvalue weighted by atomic mass is 32.2. The van der Waals surface area contributed by atoms with E-state index in [1.54, 1.807) is 17.8 Å². The molecule has 0 bridgehead atoms. The highest BCUT2D eigenvalue weighted by Gasteiger charge is 2.34. The number of sulfonamides is 1. The molecule has 37 heavy (non-hydrogen) atoms. The molecule has 196 valence electrons. The zero-order valence-electron chi connectivity index (χ0n) is 21.1. The highest BCUT2D eigenvalue weighted by molar-refractivity contribution is 7.99. The highest BCUT2D eigenvalue weighted by Crippen LogP contribution is 2.35. The molecule has 7 nitrogen and oxygen atoms in total. The van der Waals surface area contributed by atoms with Gasteiger partial charge in [-0.05, 0) is 49.2 Å². The smallest absolute Gasteiger partial charge is 0.243 e. The summed E-state index contributed by atoms with van der Waals surface area (Å²) in [6.45, 7) is -0.272. The van der Waals surface area contributed by atoms with Crippen LogP contribution in [0.15, 0.2) is 87.5 Å². The molecular weight excluding hydrogens is 508 g/mol. The molecule has 1 aliphatic rings. The minimum absolute atomic E-state index is 0.0727. The Bertz CT molecular complexity index is 1310. The van der Waals surface area contributed by atoms with Crippen molar-refractivity contribution in [2.75, 3.05) is 26.1 Å². The third kappa shape index (κ3) is 6.66. The predicted molar refractivity (Wildman–Crippen MR) is 146 cm³/mol. The maximum absolute atomic E-state index is 13.8. The molecule has 3 aromatic carbocycles. The molecule has 1 aliphatic carbocycles. The number of para-hydroxylation sites is 1. The van der Waals surface area contributed by atoms with Gasteiger partial charge in [-0.15, -0.1) is 0 Å². The van der Waals surface area contributed by atoms with Crippen LogP contribution in [0.4, 0.5) is 5.69 Å². The lowest BCUT2D eigenvalue weighted by Crippen LogP contribution is -2.45. The lowest BCUT2D eigenvalue weighted by atomic mass is 9.95. The molecule has 1 saturated carbocycles. The number of hydrogen-bond donors (Lipinski definition) is 1. The Morgan fingerprint density at radius 2 is 1.59 bits per heavy atom. The molecule has 0 heterocycles. The first-order valence-electron chi connectivity index (χ1n) is 12.3. The second kappa shape index (κ2) is 12.5. The van der Waals surface area contributed by atoms with Crippen molar-refractivity contribution >= 4 is 33.4 Å². The minimum atomic E-state index is -3.97. The van der Waals surface area contributed by atoms with Crippen molar-refractivity contribution in [3.05, 3.63) is 72.8 Å². The molecule has 0 aromatic heterocycles. The van der Waals surface area contributed by atoms with Crippen molar-refractivity contribution in [1.29, 1.82) is 0 Å². The molecule has 1 amide bonds. The van der Waals surface area contributed by atoms with Gasteiger partial charge >= 0.3 is 0 Å². The predicted octanol–water partition coefficient (Wildman–Crippen LogP) is 5.82. The van der Waals surface area contributed by atoms with E-state index in [1.807, 2.05) is 54.6 Å². The summed E-state index contributed by atoms with van der Waals surface area (Å²) in [7, 11) is -1.01. The van der Waals surface area contributed by atoms with E-state index in [0.29, 0.717) is 17.2 Å². The minimum Gasteiger partial charge on any atom is -0.493 e. The van der Waals surface area contributed by atoms with Crippen LogP contribution in [0.5, 0.6) is 11.5 Å². The molecule has 3 aromatic rings. The Kier molecular flexibility index (Phi) is 9.13. The first kappa shape index (κ1) is 27.0. The number of methoxy groups -OCH3 is 2. The maximum Gasteiger partial charge on any atom is 0.243 e. The van der Waals surface area contributed by atoms with Gasteiger partial charge in [0, 0.05) is 21.9 Å². The van der Waals surface area contributed by atoms with Crippen molar-refractivity contribution < 1.29 is 22.7 Å². The lowest BCUT2D eigenvalue weighted by Gasteiger charge is -2.33. The van der Waals surface area contributed by atoms with Gasteiger partial charge in [0.15, 0.2) is 11.5 Å². The Hall–Kier alpha value is -3.01. The van der Waals surface area contributed by atoms with Crippen LogP contribution in [-0.2, 0) is 14.8 Å². The molecule has 0 saturated heterocycles. The summed E-state index contributed by atoms with van der Waals surface area (Å²) in [5.74, 6) is 0.384. The number of rotatable bonds is 10. The summed E-state index contributed by atoms with van der Waals surface area (Å²) in [6.07, 6.45) is 4.37. The molecule has 0 radical (unpaired) electrons. The summed E-state index contributed by atoms with van der Waals surface area (Å²) in [4.78, 5) is 15.3. The molecule has 0 aliphatic heterocycles. The number of amides is 1. The second-order valence-electron chi connectivity index (χ2n) is 8.82. The van der Waals surface area contributed by atoms with E-state index in [9.17, 15) is 13.2 Å². The monoisotopic (exact) mass is 540 g/mol. The van der Waals surface area contributed by atoms with Gasteiger partial charge in [-0.3, -0.25) is 4.79 Å². The van der Waals surface area contributed by atoms with Gasteiger partial charge in [-0.2, -0.15) is 4.31 Å². The largest absolute Gasteiger partial charge is 0.493 e. The quantitative estimate of drug-likeness (QED) is 0.349. The standard InChI is InChI=1S/C28H32N2O5S2/c1-34-25-18-17-23(19-26(25)35-2)37(32,33)30(21-11-5-3-6-12-21)20-28(31)29-24-15-9-10-16-27(24)36-22-13-7-4-8-14-22/h4,7-10,13-19,21H,3,5-6,11-12,20H2,1-2H3,(H,29,31). The fraction of sp³-hybridized carbons (Fsp3) is 0.321. The van der Waals surface area contributed by atoms with Crippen molar-refractivity contribution in [2.45, 2.75) is 52.8 Å². The third-order valence-electron chi connectivity index (χ3n) is 6.38. The van der Waals surface area contributed by atoms with Crippen LogP contribution in [0.3, 0.4) is 0 Å². The van der Waals surface area contributed by atoms with Gasteiger partial charge < -0.3 is 14.8 Å². The van der Waals surface area contributed by atoms with Gasteiger partial charge in [-0.1, -0.05) is 61.4 Å². The Labute approximate surface area is 223 Å². The Morgan fingerprint density at radius 3 is 2.30 bits per heavy atom. The number of carbonyl (C=O) groups is 1. The Balaban J connectivity index is 1.59. The summed E-state index contributed by atoms with van der Waals surface area (Å²) >= 11 is 1.54. The molecule has 0 unspecified atom stereocenters. The normalized spacial score (nSPS) is 14.4. The Morgan fingerprint density at radius 1 is 0.919 bits per heavy atom. The molecule has 0 atom stereocenters. The van der Waals surface area contributed by atoms with Crippen LogP contribution in [0, 0.1) is 0 Å². The number of nitrogens with zero attached hydrogens (tertiary/aromatic N) is 1. The lowest BCUT2D eigenvalue weighted by molar-refractivity contribution is -0.116. The van der Waals surface area contributed by atoms with Crippen LogP contribution >= 0.6 is 11.8 Å². The average molecular weight is 541 g/mol. The van der Waals surface area contributed by atoms with Crippen LogP contribution in [0.1, 0.15) is 32.1 Å². The molecule has 0 spiro atoms. The van der Waals surface area contributed by atoms with Crippen molar-refractivity contribution in [3.8, 4) is 11.5 Å². The van der Waals surface area contributed by atoms with Crippen molar-refractivity contribution in [2.24, 2.45) is 0 Å². The van der Waals surface area contributed by atoms with Crippen LogP contribution in [-0.4, -0.2) is 45.4 Å². The first-order valence-corrected chi connectivity index (χ1v) is 14.5. The fourth-order valence-corrected chi connectivity index (χ4v) is 7.08. The SMILES string of the molecule is COc1ccc(S(=O)(=O)N(CC(=O)Nc2ccccc2Sc2ccccc2)C2CCCCC2)cc1OC. The van der Waals surface area contributed by atoms with E-state index in [-0.39, 0.29) is 23.4 Å². The second-order valence-corrected chi connectivity index (χ2v) is 11.8. The zero-order chi connectivity index (χ0) is 26.3. The number of ether oxygens (including phenoxy) is 2. The molecule has 1 fully saturated rings. The van der Waals surface area contributed by atoms with E-state index in [2.05, 4.69) is 5.32 Å². The van der Waals surface area contributed by atoms with Crippen molar-refractivity contribution in [1.82, 2.24) is 4.31 Å². The van der Waals surface area contributed by atoms with Gasteiger partial charge in [0.1, 0.15) is 0 Å². The first-order chi connectivity index (χ1) is 17.9. The van der Waals surface area contributed by atoms with Gasteiger partial charge in [0.2, 0.25) is 15.9 Å². The number of benzene rings is 3. The van der Waals surface area contributed by atoms with E-state index in [1.165, 1.54) is 30.7 Å². The third-order valence-corrected chi connectivity index (χ3v) is 9.35. The zero-order valence-corrected chi connectivity index (χ0v) is 22.7. The fourth-order valence-electron chi connectivity index (χ4n) is 4.50. The molecular formula is C28H32N2O5S2. The van der Waals surface area contributed by atoms with E-state index in [0.717, 1.165) is 41.9 Å². The number of anilines is 1. The molecule has 1 N–H and O–H groups in total. The van der Waals surface area contributed by atoms with Crippen molar-refractivity contribution in [3.63, 3.8) is 0 Å². The topological polar surface area (TPSA) is 84.9 Å². The summed E-state index contributed by atoms with van der Waals surface area (Å²) in [6, 6.07) is 21.7. The van der Waals surface area contributed by atoms with Gasteiger partial charge in [-0.25, -0.2) is 8.42 Å². The molecule has 4 rings (SSSR count). The number of nitrogens with one attached hydrogen (secondary N) is 1. The van der Waals surface area contributed by atoms with Crippen LogP contribution in [0.25, 0.3) is 0 Å². The van der Waals surface area contributed by atoms with Gasteiger partial charge in [0.05, 0.1) is 31.3 Å². The summed E-state index contributed by atoms with van der Waals surface area (Å²) in [5, 5.41) is 2.95. The van der Waals surface area contributed by atoms with Crippen LogP contribution < -0.4 is 14.8 Å². The average Bonchev–Trinajstić information content (AvgIpc) is 2.93. The van der Waals surface area contributed by atoms with E-state index < -0.39 is 10.0 Å². The number of hydrogen-bond acceptors (Lipinski definition) is 6. The maximum atomic E-state index is 13.8. The van der Waals surface area contributed by atoms with E-state index in [4.69, 9.17) is 9.47 Å². The summed E-state index contributed by atoms with van der Waals surface area (Å²) in [5.41, 5.74) is 0.647. The molecule has 9 heteroatoms.